The number of hydrogen-bond donors (Lipinski definition) is 1. The average Bonchev–Trinajstić information content (AvgIpc) is 2.57. The summed E-state index contributed by atoms with van der Waals surface area (Å²) in [5.74, 6) is -0.257. The summed E-state index contributed by atoms with van der Waals surface area (Å²) in [4.78, 5) is 15.3. The van der Waals surface area contributed by atoms with Crippen LogP contribution in [0.3, 0.4) is 0 Å². The van der Waals surface area contributed by atoms with Crippen LogP contribution in [-0.2, 0) is 14.8 Å². The van der Waals surface area contributed by atoms with Gasteiger partial charge in [0.05, 0.1) is 17.7 Å². The maximum atomic E-state index is 12.2. The predicted octanol–water partition coefficient (Wildman–Crippen LogP) is -0.0379. The number of sulfonamides is 1. The third-order valence-electron chi connectivity index (χ3n) is 2.42. The Morgan fingerprint density at radius 1 is 1.53 bits per heavy atom. The van der Waals surface area contributed by atoms with Crippen LogP contribution in [0.25, 0.3) is 0 Å². The van der Waals surface area contributed by atoms with Crippen molar-refractivity contribution in [3.8, 4) is 0 Å². The molecule has 1 aliphatic heterocycles. The Morgan fingerprint density at radius 2 is 2.29 bits per heavy atom. The van der Waals surface area contributed by atoms with Crippen LogP contribution in [0.15, 0.2) is 10.4 Å². The first-order valence-electron chi connectivity index (χ1n) is 5.19. The van der Waals surface area contributed by atoms with E-state index in [1.165, 1.54) is 10.5 Å². The number of nitrogens with one attached hydrogen (secondary N) is 1. The molecule has 0 saturated carbocycles. The Balaban J connectivity index is 2.28. The Bertz CT molecular complexity index is 523. The fraction of sp³-hybridized carbons (Fsp3) is 0.556. The van der Waals surface area contributed by atoms with Crippen LogP contribution in [0.5, 0.6) is 0 Å². The van der Waals surface area contributed by atoms with E-state index in [1.54, 1.807) is 6.92 Å². The second-order valence-electron chi connectivity index (χ2n) is 3.74. The number of rotatable bonds is 2. The first kappa shape index (κ1) is 12.5. The van der Waals surface area contributed by atoms with Gasteiger partial charge >= 0.3 is 0 Å². The van der Waals surface area contributed by atoms with E-state index in [2.05, 4.69) is 10.3 Å². The molecule has 0 unspecified atom stereocenters. The van der Waals surface area contributed by atoms with Crippen molar-refractivity contribution in [1.82, 2.24) is 14.6 Å². The van der Waals surface area contributed by atoms with Crippen LogP contribution in [0.1, 0.15) is 11.4 Å². The molecule has 17 heavy (non-hydrogen) atoms. The van der Waals surface area contributed by atoms with Crippen molar-refractivity contribution in [2.24, 2.45) is 0 Å². The number of carbonyl (C=O) groups is 1. The molecule has 1 amide bonds. The lowest BCUT2D eigenvalue weighted by Crippen LogP contribution is -2.37. The number of thiazole rings is 1. The lowest BCUT2D eigenvalue weighted by molar-refractivity contribution is -0.120. The zero-order valence-electron chi connectivity index (χ0n) is 9.34. The summed E-state index contributed by atoms with van der Waals surface area (Å²) in [6, 6.07) is 0. The second-order valence-corrected chi connectivity index (χ2v) is 7.14. The van der Waals surface area contributed by atoms with E-state index in [4.69, 9.17) is 0 Å². The molecule has 1 N–H and O–H groups in total. The number of amides is 1. The van der Waals surface area contributed by atoms with Gasteiger partial charge in [-0.25, -0.2) is 13.4 Å². The Kier molecular flexibility index (Phi) is 3.45. The highest BCUT2D eigenvalue weighted by Gasteiger charge is 2.29. The van der Waals surface area contributed by atoms with E-state index in [0.717, 1.165) is 11.3 Å². The Labute approximate surface area is 104 Å². The van der Waals surface area contributed by atoms with Gasteiger partial charge in [0, 0.05) is 13.1 Å². The zero-order chi connectivity index (χ0) is 12.5. The first-order valence-corrected chi connectivity index (χ1v) is 7.45. The molecule has 0 atom stereocenters. The average molecular weight is 275 g/mol. The van der Waals surface area contributed by atoms with Crippen molar-refractivity contribution in [3.63, 3.8) is 0 Å². The summed E-state index contributed by atoms with van der Waals surface area (Å²) >= 11 is 1.12. The first-order chi connectivity index (χ1) is 8.00. The van der Waals surface area contributed by atoms with Crippen LogP contribution >= 0.6 is 11.3 Å². The summed E-state index contributed by atoms with van der Waals surface area (Å²) in [5.41, 5.74) is 0. The number of aromatic nitrogens is 1. The van der Waals surface area contributed by atoms with Gasteiger partial charge in [-0.3, -0.25) is 4.79 Å². The van der Waals surface area contributed by atoms with Crippen molar-refractivity contribution in [3.05, 3.63) is 11.2 Å². The van der Waals surface area contributed by atoms with Crippen LogP contribution in [-0.4, -0.2) is 43.2 Å². The molecule has 1 saturated heterocycles. The second kappa shape index (κ2) is 4.71. The van der Waals surface area contributed by atoms with Gasteiger partial charge in [0.25, 0.3) is 10.0 Å². The minimum absolute atomic E-state index is 0.112. The van der Waals surface area contributed by atoms with Crippen LogP contribution in [0.4, 0.5) is 0 Å². The lowest BCUT2D eigenvalue weighted by atomic mass is 10.4. The molecule has 2 rings (SSSR count). The van der Waals surface area contributed by atoms with Crippen LogP contribution in [0.2, 0.25) is 0 Å². The van der Waals surface area contributed by atoms with E-state index in [0.29, 0.717) is 24.5 Å². The standard InChI is InChI=1S/C9H13N3O3S2/c1-7-11-5-9(16-7)17(14,15)12-4-2-3-10-8(13)6-12/h5H,2-4,6H2,1H3,(H,10,13). The quantitative estimate of drug-likeness (QED) is 0.821. The van der Waals surface area contributed by atoms with Crippen LogP contribution < -0.4 is 5.32 Å². The highest BCUT2D eigenvalue weighted by molar-refractivity contribution is 7.91. The molecular formula is C9H13N3O3S2. The van der Waals surface area contributed by atoms with Crippen molar-refractivity contribution in [2.45, 2.75) is 17.6 Å². The molecule has 1 fully saturated rings. The third kappa shape index (κ3) is 2.64. The highest BCUT2D eigenvalue weighted by atomic mass is 32.2. The molecule has 1 aromatic rings. The monoisotopic (exact) mass is 275 g/mol. The maximum absolute atomic E-state index is 12.2. The normalized spacial score (nSPS) is 18.8. The number of carbonyl (C=O) groups excluding carboxylic acids is 1. The summed E-state index contributed by atoms with van der Waals surface area (Å²) < 4.78 is 25.8. The molecule has 94 valence electrons. The molecule has 0 aromatic carbocycles. The van der Waals surface area contributed by atoms with Gasteiger partial charge in [0.15, 0.2) is 4.21 Å². The van der Waals surface area contributed by atoms with Crippen molar-refractivity contribution >= 4 is 27.3 Å². The molecule has 1 aliphatic rings. The molecule has 0 spiro atoms. The zero-order valence-corrected chi connectivity index (χ0v) is 11.0. The Morgan fingerprint density at radius 3 is 2.94 bits per heavy atom. The van der Waals surface area contributed by atoms with E-state index in [9.17, 15) is 13.2 Å². The molecule has 6 nitrogen and oxygen atoms in total. The van der Waals surface area contributed by atoms with Crippen molar-refractivity contribution in [1.29, 1.82) is 0 Å². The molecule has 8 heteroatoms. The van der Waals surface area contributed by atoms with Gasteiger partial charge in [-0.15, -0.1) is 11.3 Å². The highest BCUT2D eigenvalue weighted by Crippen LogP contribution is 2.22. The summed E-state index contributed by atoms with van der Waals surface area (Å²) in [7, 11) is -3.57. The summed E-state index contributed by atoms with van der Waals surface area (Å²) in [6.45, 7) is 2.52. The molecular weight excluding hydrogens is 262 g/mol. The number of hydrogen-bond acceptors (Lipinski definition) is 5. The molecule has 2 heterocycles. The molecule has 0 aliphatic carbocycles. The van der Waals surface area contributed by atoms with Crippen LogP contribution in [0, 0.1) is 6.92 Å². The maximum Gasteiger partial charge on any atom is 0.254 e. The molecule has 1 aromatic heterocycles. The third-order valence-corrected chi connectivity index (χ3v) is 5.62. The predicted molar refractivity (Wildman–Crippen MR) is 63.2 cm³/mol. The van der Waals surface area contributed by atoms with E-state index < -0.39 is 10.0 Å². The van der Waals surface area contributed by atoms with Gasteiger partial charge < -0.3 is 5.32 Å². The van der Waals surface area contributed by atoms with Gasteiger partial charge in [-0.05, 0) is 13.3 Å². The molecule has 0 radical (unpaired) electrons. The lowest BCUT2D eigenvalue weighted by Gasteiger charge is -2.16. The SMILES string of the molecule is Cc1ncc(S(=O)(=O)N2CCCNC(=O)C2)s1. The summed E-state index contributed by atoms with van der Waals surface area (Å²) in [6.07, 6.45) is 1.97. The smallest absolute Gasteiger partial charge is 0.254 e. The topological polar surface area (TPSA) is 79.4 Å². The molecule has 0 bridgehead atoms. The number of nitrogens with zero attached hydrogens (tertiary/aromatic N) is 2. The van der Waals surface area contributed by atoms with Gasteiger partial charge in [-0.1, -0.05) is 0 Å². The fourth-order valence-corrected chi connectivity index (χ4v) is 4.27. The largest absolute Gasteiger partial charge is 0.355 e. The van der Waals surface area contributed by atoms with Gasteiger partial charge in [0.1, 0.15) is 0 Å². The number of aryl methyl sites for hydroxylation is 1. The fourth-order valence-electron chi connectivity index (χ4n) is 1.57. The van der Waals surface area contributed by atoms with E-state index in [1.807, 2.05) is 0 Å². The van der Waals surface area contributed by atoms with Gasteiger partial charge in [0.2, 0.25) is 5.91 Å². The summed E-state index contributed by atoms with van der Waals surface area (Å²) in [5, 5.41) is 3.34. The minimum atomic E-state index is -3.57. The van der Waals surface area contributed by atoms with Crippen molar-refractivity contribution in [2.75, 3.05) is 19.6 Å². The Hall–Kier alpha value is -0.990. The van der Waals surface area contributed by atoms with Crippen molar-refractivity contribution < 1.29 is 13.2 Å². The van der Waals surface area contributed by atoms with E-state index in [-0.39, 0.29) is 16.7 Å². The minimum Gasteiger partial charge on any atom is -0.355 e. The van der Waals surface area contributed by atoms with Gasteiger partial charge in [-0.2, -0.15) is 4.31 Å². The van der Waals surface area contributed by atoms with E-state index >= 15 is 0 Å².